The molecule has 7 nitrogen and oxygen atoms in total. The molecule has 0 bridgehead atoms. The number of rotatable bonds is 3. The number of hydrogen-bond donors (Lipinski definition) is 2. The summed E-state index contributed by atoms with van der Waals surface area (Å²) in [5, 5.41) is 8.59. The van der Waals surface area contributed by atoms with Gasteiger partial charge < -0.3 is 21.0 Å². The highest BCUT2D eigenvalue weighted by molar-refractivity contribution is 6.02. The van der Waals surface area contributed by atoms with E-state index in [0.29, 0.717) is 11.7 Å². The molecule has 4 N–H and O–H groups in total. The molecule has 4 rings (SSSR count). The molecular weight excluding hydrogens is 354 g/mol. The van der Waals surface area contributed by atoms with E-state index in [1.807, 2.05) is 35.2 Å². The quantitative estimate of drug-likeness (QED) is 0.316. The van der Waals surface area contributed by atoms with E-state index in [-0.39, 0.29) is 11.7 Å². The van der Waals surface area contributed by atoms with E-state index in [9.17, 15) is 4.79 Å². The third-order valence-electron chi connectivity index (χ3n) is 5.47. The lowest BCUT2D eigenvalue weighted by molar-refractivity contribution is -0.129. The summed E-state index contributed by atoms with van der Waals surface area (Å²) < 4.78 is 5.65. The van der Waals surface area contributed by atoms with Crippen molar-refractivity contribution in [1.82, 2.24) is 10.1 Å². The number of nitrogens with zero attached hydrogens (tertiary/aromatic N) is 3. The van der Waals surface area contributed by atoms with E-state index in [4.69, 9.17) is 16.1 Å². The number of likely N-dealkylation sites (tertiary alicyclic amines) is 1. The lowest BCUT2D eigenvalue weighted by atomic mass is 9.88. The maximum absolute atomic E-state index is 11.6. The molecule has 0 unspecified atom stereocenters. The molecular formula is C21H23N5O2. The lowest BCUT2D eigenvalue weighted by Crippen LogP contribution is -2.36. The average molecular weight is 377 g/mol. The van der Waals surface area contributed by atoms with Gasteiger partial charge in [0, 0.05) is 31.1 Å². The van der Waals surface area contributed by atoms with E-state index < -0.39 is 0 Å². The Morgan fingerprint density at radius 3 is 2.71 bits per heavy atom. The first-order chi connectivity index (χ1) is 13.6. The predicted octanol–water partition coefficient (Wildman–Crippen LogP) is 2.80. The van der Waals surface area contributed by atoms with E-state index in [1.54, 1.807) is 6.92 Å². The van der Waals surface area contributed by atoms with Gasteiger partial charge in [0.15, 0.2) is 5.76 Å². The first kappa shape index (κ1) is 18.0. The molecule has 1 fully saturated rings. The molecule has 0 saturated carbocycles. The summed E-state index contributed by atoms with van der Waals surface area (Å²) in [5.41, 5.74) is 9.55. The lowest BCUT2D eigenvalue weighted by Gasteiger charge is -2.31. The number of carbonyl (C=O) groups excluding carboxylic acids is 1. The molecule has 144 valence electrons. The molecule has 1 aliphatic rings. The molecule has 1 saturated heterocycles. The zero-order valence-electron chi connectivity index (χ0n) is 15.8. The molecule has 1 amide bonds. The molecule has 3 aromatic rings. The average Bonchev–Trinajstić information content (AvgIpc) is 3.16. The predicted molar refractivity (Wildman–Crippen MR) is 109 cm³/mol. The number of fused-ring (bicyclic) bond motifs is 1. The number of nitrogens with two attached hydrogens (primary N) is 2. The van der Waals surface area contributed by atoms with Crippen LogP contribution in [0.4, 0.5) is 0 Å². The number of aromatic nitrogens is 1. The van der Waals surface area contributed by atoms with E-state index in [0.717, 1.165) is 48.0 Å². The second kappa shape index (κ2) is 7.34. The Bertz CT molecular complexity index is 1050. The smallest absolute Gasteiger partial charge is 0.219 e. The number of amides is 1. The number of benzene rings is 2. The SMILES string of the molecule is CC(=O)N1CCC(c2cccc(-c3onc4ccc(/C(N)=N/N)cc34)c2)CC1. The van der Waals surface area contributed by atoms with Gasteiger partial charge in [-0.15, -0.1) is 0 Å². The Kier molecular flexibility index (Phi) is 4.73. The molecule has 7 heteroatoms. The third-order valence-corrected chi connectivity index (χ3v) is 5.47. The summed E-state index contributed by atoms with van der Waals surface area (Å²) in [4.78, 5) is 13.5. The van der Waals surface area contributed by atoms with Gasteiger partial charge in [-0.2, -0.15) is 5.10 Å². The Morgan fingerprint density at radius 2 is 2.00 bits per heavy atom. The van der Waals surface area contributed by atoms with Gasteiger partial charge in [-0.05, 0) is 48.6 Å². The van der Waals surface area contributed by atoms with Crippen LogP contribution in [0.2, 0.25) is 0 Å². The monoisotopic (exact) mass is 377 g/mol. The minimum absolute atomic E-state index is 0.149. The largest absolute Gasteiger partial charge is 0.382 e. The van der Waals surface area contributed by atoms with Crippen LogP contribution >= 0.6 is 0 Å². The highest BCUT2D eigenvalue weighted by atomic mass is 16.5. The Labute approximate surface area is 163 Å². The number of piperidine rings is 1. The van der Waals surface area contributed by atoms with E-state index in [2.05, 4.69) is 22.4 Å². The maximum Gasteiger partial charge on any atom is 0.219 e. The van der Waals surface area contributed by atoms with Crippen molar-refractivity contribution in [2.45, 2.75) is 25.7 Å². The second-order valence-corrected chi connectivity index (χ2v) is 7.16. The van der Waals surface area contributed by atoms with Crippen LogP contribution in [0, 0.1) is 0 Å². The fourth-order valence-electron chi connectivity index (χ4n) is 3.85. The van der Waals surface area contributed by atoms with Gasteiger partial charge in [0.2, 0.25) is 5.91 Å². The van der Waals surface area contributed by atoms with Gasteiger partial charge >= 0.3 is 0 Å². The molecule has 1 aliphatic heterocycles. The molecule has 1 aromatic heterocycles. The number of carbonyl (C=O) groups is 1. The Balaban J connectivity index is 1.66. The van der Waals surface area contributed by atoms with Crippen molar-refractivity contribution in [1.29, 1.82) is 0 Å². The van der Waals surface area contributed by atoms with Crippen LogP contribution in [0.25, 0.3) is 22.2 Å². The van der Waals surface area contributed by atoms with Crippen LogP contribution < -0.4 is 11.6 Å². The van der Waals surface area contributed by atoms with Crippen molar-refractivity contribution < 1.29 is 9.32 Å². The molecule has 28 heavy (non-hydrogen) atoms. The van der Waals surface area contributed by atoms with Gasteiger partial charge in [0.1, 0.15) is 11.4 Å². The molecule has 2 aromatic carbocycles. The van der Waals surface area contributed by atoms with E-state index in [1.165, 1.54) is 5.56 Å². The summed E-state index contributed by atoms with van der Waals surface area (Å²) in [6.07, 6.45) is 1.93. The molecule has 0 atom stereocenters. The fraction of sp³-hybridized carbons (Fsp3) is 0.286. The summed E-state index contributed by atoms with van der Waals surface area (Å²) in [6, 6.07) is 13.9. The third kappa shape index (κ3) is 3.31. The Hall–Kier alpha value is -3.35. The van der Waals surface area contributed by atoms with Crippen molar-refractivity contribution in [3.8, 4) is 11.3 Å². The summed E-state index contributed by atoms with van der Waals surface area (Å²) in [6.45, 7) is 3.24. The summed E-state index contributed by atoms with van der Waals surface area (Å²) >= 11 is 0. The van der Waals surface area contributed by atoms with Crippen molar-refractivity contribution in [2.75, 3.05) is 13.1 Å². The standard InChI is InChI=1S/C21H23N5O2/c1-13(27)26-9-7-14(8-10-26)15-3-2-4-16(11-15)20-18-12-17(21(22)24-23)5-6-19(18)25-28-20/h2-6,11-12,14H,7-10,23H2,1H3,(H2,22,24). The van der Waals surface area contributed by atoms with Gasteiger partial charge in [-0.1, -0.05) is 23.4 Å². The number of hydrogen-bond acceptors (Lipinski definition) is 5. The van der Waals surface area contributed by atoms with Gasteiger partial charge in [-0.3, -0.25) is 4.79 Å². The van der Waals surface area contributed by atoms with Crippen molar-refractivity contribution in [3.05, 3.63) is 53.6 Å². The minimum atomic E-state index is 0.149. The Morgan fingerprint density at radius 1 is 1.21 bits per heavy atom. The highest BCUT2D eigenvalue weighted by Gasteiger charge is 2.22. The second-order valence-electron chi connectivity index (χ2n) is 7.16. The van der Waals surface area contributed by atoms with Crippen LogP contribution in [-0.2, 0) is 4.79 Å². The van der Waals surface area contributed by atoms with Crippen LogP contribution in [0.1, 0.15) is 36.8 Å². The summed E-state index contributed by atoms with van der Waals surface area (Å²) in [5.74, 6) is 6.85. The first-order valence-corrected chi connectivity index (χ1v) is 9.36. The molecule has 0 radical (unpaired) electrons. The number of hydrazone groups is 1. The summed E-state index contributed by atoms with van der Waals surface area (Å²) in [7, 11) is 0. The van der Waals surface area contributed by atoms with E-state index >= 15 is 0 Å². The number of amidine groups is 1. The van der Waals surface area contributed by atoms with Crippen LogP contribution in [0.5, 0.6) is 0 Å². The first-order valence-electron chi connectivity index (χ1n) is 9.36. The van der Waals surface area contributed by atoms with Crippen molar-refractivity contribution >= 4 is 22.6 Å². The van der Waals surface area contributed by atoms with Crippen LogP contribution in [0.15, 0.2) is 52.1 Å². The minimum Gasteiger partial charge on any atom is -0.382 e. The maximum atomic E-state index is 11.6. The zero-order chi connectivity index (χ0) is 19.7. The topological polar surface area (TPSA) is 111 Å². The van der Waals surface area contributed by atoms with Gasteiger partial charge in [0.05, 0.1) is 5.39 Å². The van der Waals surface area contributed by atoms with Gasteiger partial charge in [-0.25, -0.2) is 0 Å². The van der Waals surface area contributed by atoms with Crippen LogP contribution in [-0.4, -0.2) is 34.9 Å². The molecule has 0 spiro atoms. The fourth-order valence-corrected chi connectivity index (χ4v) is 3.85. The zero-order valence-corrected chi connectivity index (χ0v) is 15.8. The molecule has 0 aliphatic carbocycles. The highest BCUT2D eigenvalue weighted by Crippen LogP contribution is 2.34. The van der Waals surface area contributed by atoms with Crippen LogP contribution in [0.3, 0.4) is 0 Å². The van der Waals surface area contributed by atoms with Gasteiger partial charge in [0.25, 0.3) is 0 Å². The van der Waals surface area contributed by atoms with Crippen molar-refractivity contribution in [2.24, 2.45) is 16.7 Å². The molecule has 2 heterocycles. The van der Waals surface area contributed by atoms with Crippen molar-refractivity contribution in [3.63, 3.8) is 0 Å². The normalized spacial score (nSPS) is 15.9.